The number of benzene rings is 1. The number of carbonyl (C=O) groups is 1. The van der Waals surface area contributed by atoms with Crippen molar-refractivity contribution in [2.75, 3.05) is 17.9 Å². The molecule has 0 radical (unpaired) electrons. The molecule has 35 heavy (non-hydrogen) atoms. The van der Waals surface area contributed by atoms with Gasteiger partial charge in [0, 0.05) is 23.8 Å². The maximum atomic E-state index is 13.1. The molecule has 2 N–H and O–H groups in total. The molecule has 0 saturated carbocycles. The van der Waals surface area contributed by atoms with Crippen LogP contribution in [0.2, 0.25) is 0 Å². The van der Waals surface area contributed by atoms with E-state index in [1.165, 1.54) is 24.9 Å². The van der Waals surface area contributed by atoms with Gasteiger partial charge < -0.3 is 14.8 Å². The zero-order chi connectivity index (χ0) is 25.5. The number of sulfonamides is 1. The smallest absolute Gasteiger partial charge is 0.481 e. The standard InChI is InChI=1S/C21H20F3N3O5S3/c1-3-13(20(28)29)16-10-25-19(34-16)14-8-11-7-12(32-21(22,23)24)9-15(18(11)26-14)27(2)35(30,31)17-5-4-6-33-17/h4-9,13,16,26H,3,10H2,1-2H3,(H,28,29). The van der Waals surface area contributed by atoms with Crippen LogP contribution in [0.5, 0.6) is 5.75 Å². The second-order valence-electron chi connectivity index (χ2n) is 7.70. The molecule has 1 aromatic carbocycles. The molecule has 188 valence electrons. The number of nitrogens with zero attached hydrogens (tertiary/aromatic N) is 2. The quantitative estimate of drug-likeness (QED) is 0.414. The predicted molar refractivity (Wildman–Crippen MR) is 129 cm³/mol. The molecule has 0 amide bonds. The van der Waals surface area contributed by atoms with Crippen molar-refractivity contribution in [3.63, 3.8) is 0 Å². The van der Waals surface area contributed by atoms with Crippen LogP contribution < -0.4 is 9.04 Å². The number of halogens is 3. The molecule has 2 aromatic heterocycles. The lowest BCUT2D eigenvalue weighted by molar-refractivity contribution is -0.274. The van der Waals surface area contributed by atoms with E-state index in [9.17, 15) is 31.5 Å². The zero-order valence-electron chi connectivity index (χ0n) is 18.4. The number of carboxylic acid groups (broad SMARTS) is 1. The Balaban J connectivity index is 1.77. The van der Waals surface area contributed by atoms with Gasteiger partial charge in [0.05, 0.1) is 29.4 Å². The van der Waals surface area contributed by atoms with E-state index in [4.69, 9.17) is 0 Å². The Hall–Kier alpha value is -2.71. The number of thiophene rings is 1. The van der Waals surface area contributed by atoms with Gasteiger partial charge in [-0.05, 0) is 30.0 Å². The van der Waals surface area contributed by atoms with Gasteiger partial charge in [0.2, 0.25) is 0 Å². The number of rotatable bonds is 8. The zero-order valence-corrected chi connectivity index (χ0v) is 20.8. The van der Waals surface area contributed by atoms with Gasteiger partial charge in [-0.25, -0.2) is 8.42 Å². The van der Waals surface area contributed by atoms with E-state index in [1.54, 1.807) is 24.4 Å². The van der Waals surface area contributed by atoms with E-state index >= 15 is 0 Å². The van der Waals surface area contributed by atoms with Crippen LogP contribution >= 0.6 is 23.1 Å². The molecule has 8 nitrogen and oxygen atoms in total. The van der Waals surface area contributed by atoms with Crippen molar-refractivity contribution in [1.82, 2.24) is 4.98 Å². The number of nitrogens with one attached hydrogen (secondary N) is 1. The lowest BCUT2D eigenvalue weighted by Gasteiger charge is -2.20. The Morgan fingerprint density at radius 2 is 2.11 bits per heavy atom. The Kier molecular flexibility index (Phi) is 6.81. The number of ether oxygens (including phenoxy) is 1. The summed E-state index contributed by atoms with van der Waals surface area (Å²) in [6.07, 6.45) is -4.55. The summed E-state index contributed by atoms with van der Waals surface area (Å²) >= 11 is 2.25. The number of aromatic nitrogens is 1. The van der Waals surface area contributed by atoms with Crippen LogP contribution in [0.4, 0.5) is 18.9 Å². The third-order valence-electron chi connectivity index (χ3n) is 5.48. The number of fused-ring (bicyclic) bond motifs is 1. The summed E-state index contributed by atoms with van der Waals surface area (Å²) in [5.74, 6) is -2.10. The number of carboxylic acids is 1. The molecule has 0 spiro atoms. The minimum atomic E-state index is -4.97. The average Bonchev–Trinajstić information content (AvgIpc) is 3.51. The molecule has 3 aromatic rings. The van der Waals surface area contributed by atoms with E-state index in [-0.39, 0.29) is 32.6 Å². The summed E-state index contributed by atoms with van der Waals surface area (Å²) in [6, 6.07) is 6.67. The van der Waals surface area contributed by atoms with E-state index in [0.717, 1.165) is 27.8 Å². The van der Waals surface area contributed by atoms with Crippen LogP contribution in [0.25, 0.3) is 10.9 Å². The predicted octanol–water partition coefficient (Wildman–Crippen LogP) is 4.93. The summed E-state index contributed by atoms with van der Waals surface area (Å²) < 4.78 is 70.1. The van der Waals surface area contributed by atoms with Crippen LogP contribution in [0.15, 0.2) is 44.9 Å². The number of aliphatic carboxylic acids is 1. The summed E-state index contributed by atoms with van der Waals surface area (Å²) in [5, 5.41) is 11.5. The molecule has 2 unspecified atom stereocenters. The highest BCUT2D eigenvalue weighted by atomic mass is 32.2. The van der Waals surface area contributed by atoms with Crippen LogP contribution in [0.3, 0.4) is 0 Å². The number of H-pyrrole nitrogens is 1. The van der Waals surface area contributed by atoms with Gasteiger partial charge in [-0.2, -0.15) is 0 Å². The molecule has 4 rings (SSSR count). The third kappa shape index (κ3) is 5.14. The minimum Gasteiger partial charge on any atom is -0.481 e. The number of hydrogen-bond donors (Lipinski definition) is 2. The highest BCUT2D eigenvalue weighted by molar-refractivity contribution is 8.15. The van der Waals surface area contributed by atoms with Crippen LogP contribution in [0, 0.1) is 5.92 Å². The third-order valence-corrected chi connectivity index (χ3v) is 9.97. The van der Waals surface area contributed by atoms with Crippen molar-refractivity contribution < 1.29 is 36.2 Å². The summed E-state index contributed by atoms with van der Waals surface area (Å²) in [6.45, 7) is 2.06. The van der Waals surface area contributed by atoms with E-state index in [1.807, 2.05) is 0 Å². The SMILES string of the molecule is CCC(C(=O)O)C1CN=C(c2cc3cc(OC(F)(F)F)cc(N(C)S(=O)(=O)c4cccs4)c3[nH]2)S1. The van der Waals surface area contributed by atoms with E-state index in [2.05, 4.69) is 14.7 Å². The van der Waals surface area contributed by atoms with Crippen molar-refractivity contribution in [2.24, 2.45) is 10.9 Å². The Labute approximate surface area is 206 Å². The fraction of sp³-hybridized carbons (Fsp3) is 0.333. The number of hydrogen-bond acceptors (Lipinski definition) is 7. The molecule has 3 heterocycles. The molecule has 1 aliphatic rings. The van der Waals surface area contributed by atoms with Gasteiger partial charge >= 0.3 is 12.3 Å². The second kappa shape index (κ2) is 9.39. The molecular weight excluding hydrogens is 527 g/mol. The minimum absolute atomic E-state index is 0.0277. The normalized spacial score (nSPS) is 17.4. The highest BCUT2D eigenvalue weighted by Crippen LogP contribution is 2.39. The topological polar surface area (TPSA) is 112 Å². The lowest BCUT2D eigenvalue weighted by atomic mass is 10.0. The van der Waals surface area contributed by atoms with Gasteiger partial charge in [-0.1, -0.05) is 24.8 Å². The highest BCUT2D eigenvalue weighted by Gasteiger charge is 2.34. The maximum absolute atomic E-state index is 13.1. The number of thioether (sulfide) groups is 1. The van der Waals surface area contributed by atoms with Crippen molar-refractivity contribution in [1.29, 1.82) is 0 Å². The summed E-state index contributed by atoms with van der Waals surface area (Å²) in [7, 11) is -2.80. The fourth-order valence-electron chi connectivity index (χ4n) is 3.77. The lowest BCUT2D eigenvalue weighted by Crippen LogP contribution is -2.26. The number of alkyl halides is 3. The van der Waals surface area contributed by atoms with Crippen molar-refractivity contribution >= 4 is 60.7 Å². The van der Waals surface area contributed by atoms with Crippen molar-refractivity contribution in [3.8, 4) is 5.75 Å². The molecule has 2 atom stereocenters. The maximum Gasteiger partial charge on any atom is 0.573 e. The van der Waals surface area contributed by atoms with Gasteiger partial charge in [0.15, 0.2) is 0 Å². The summed E-state index contributed by atoms with van der Waals surface area (Å²) in [4.78, 5) is 19.0. The molecule has 1 aliphatic heterocycles. The van der Waals surface area contributed by atoms with Gasteiger partial charge in [0.25, 0.3) is 10.0 Å². The second-order valence-corrected chi connectivity index (χ2v) is 12.1. The Bertz CT molecular complexity index is 1380. The number of anilines is 1. The van der Waals surface area contributed by atoms with Crippen molar-refractivity contribution in [2.45, 2.75) is 29.2 Å². The Morgan fingerprint density at radius 3 is 2.71 bits per heavy atom. The number of aliphatic imine (C=N–C) groups is 1. The van der Waals surface area contributed by atoms with Gasteiger partial charge in [0.1, 0.15) is 15.0 Å². The largest absolute Gasteiger partial charge is 0.573 e. The van der Waals surface area contributed by atoms with E-state index < -0.39 is 34.0 Å². The summed E-state index contributed by atoms with van der Waals surface area (Å²) in [5.41, 5.74) is 0.674. The molecule has 0 saturated heterocycles. The molecule has 0 fully saturated rings. The first-order valence-corrected chi connectivity index (χ1v) is 13.5. The first kappa shape index (κ1) is 25.4. The fourth-order valence-corrected chi connectivity index (χ4v) is 7.43. The van der Waals surface area contributed by atoms with Crippen molar-refractivity contribution in [3.05, 3.63) is 41.4 Å². The van der Waals surface area contributed by atoms with Gasteiger partial charge in [-0.3, -0.25) is 14.1 Å². The molecule has 0 bridgehead atoms. The number of aromatic amines is 1. The first-order chi connectivity index (χ1) is 16.4. The first-order valence-electron chi connectivity index (χ1n) is 10.3. The molecular formula is C21H20F3N3O5S3. The monoisotopic (exact) mass is 547 g/mol. The van der Waals surface area contributed by atoms with Crippen LogP contribution in [-0.2, 0) is 14.8 Å². The van der Waals surface area contributed by atoms with E-state index in [0.29, 0.717) is 17.2 Å². The van der Waals surface area contributed by atoms with Crippen LogP contribution in [0.1, 0.15) is 19.0 Å². The average molecular weight is 548 g/mol. The molecule has 0 aliphatic carbocycles. The Morgan fingerprint density at radius 1 is 1.37 bits per heavy atom. The van der Waals surface area contributed by atoms with Gasteiger partial charge in [-0.15, -0.1) is 24.5 Å². The molecule has 14 heteroatoms. The van der Waals surface area contributed by atoms with Crippen LogP contribution in [-0.4, -0.2) is 54.7 Å².